The van der Waals surface area contributed by atoms with Gasteiger partial charge in [-0.05, 0) is 37.2 Å². The Morgan fingerprint density at radius 2 is 1.71 bits per heavy atom. The molecule has 0 aromatic heterocycles. The first-order chi connectivity index (χ1) is 8.36. The molecule has 0 saturated carbocycles. The zero-order valence-corrected chi connectivity index (χ0v) is 11.5. The van der Waals surface area contributed by atoms with Crippen LogP contribution in [-0.4, -0.2) is 0 Å². The van der Waals surface area contributed by atoms with Gasteiger partial charge in [0.15, 0.2) is 0 Å². The SMILES string of the molecule is CCCC[CH][C@H](CCCC)Cc1ccccc1. The van der Waals surface area contributed by atoms with Crippen LogP contribution in [0.25, 0.3) is 0 Å². The summed E-state index contributed by atoms with van der Waals surface area (Å²) in [4.78, 5) is 0. The molecule has 0 saturated heterocycles. The standard InChI is InChI=1S/C17H27/c1-3-5-8-12-16(11-6-4-2)15-17-13-9-7-10-14-17/h7,9-10,12-14,16H,3-6,8,11,15H2,1-2H3/t16-/m0/s1. The fraction of sp³-hybridized carbons (Fsp3) is 0.588. The van der Waals surface area contributed by atoms with Gasteiger partial charge in [-0.25, -0.2) is 0 Å². The van der Waals surface area contributed by atoms with E-state index in [0.717, 1.165) is 5.92 Å². The fourth-order valence-corrected chi connectivity index (χ4v) is 2.24. The number of unbranched alkanes of at least 4 members (excludes halogenated alkanes) is 3. The van der Waals surface area contributed by atoms with Gasteiger partial charge in [-0.15, -0.1) is 0 Å². The molecule has 0 unspecified atom stereocenters. The third kappa shape index (κ3) is 6.51. The minimum atomic E-state index is 0.781. The molecule has 95 valence electrons. The fourth-order valence-electron chi connectivity index (χ4n) is 2.24. The minimum absolute atomic E-state index is 0.781. The van der Waals surface area contributed by atoms with Crippen molar-refractivity contribution < 1.29 is 0 Å². The second-order valence-electron chi connectivity index (χ2n) is 4.97. The van der Waals surface area contributed by atoms with Gasteiger partial charge < -0.3 is 0 Å². The van der Waals surface area contributed by atoms with Gasteiger partial charge in [0.05, 0.1) is 0 Å². The Balaban J connectivity index is 2.39. The maximum Gasteiger partial charge on any atom is -0.0248 e. The second-order valence-corrected chi connectivity index (χ2v) is 4.97. The van der Waals surface area contributed by atoms with Gasteiger partial charge in [0.1, 0.15) is 0 Å². The highest BCUT2D eigenvalue weighted by Gasteiger charge is 2.09. The summed E-state index contributed by atoms with van der Waals surface area (Å²) in [6, 6.07) is 10.9. The average Bonchev–Trinajstić information content (AvgIpc) is 2.37. The van der Waals surface area contributed by atoms with Crippen molar-refractivity contribution >= 4 is 0 Å². The van der Waals surface area contributed by atoms with E-state index < -0.39 is 0 Å². The summed E-state index contributed by atoms with van der Waals surface area (Å²) >= 11 is 0. The molecule has 1 rings (SSSR count). The summed E-state index contributed by atoms with van der Waals surface area (Å²) in [5.41, 5.74) is 1.49. The van der Waals surface area contributed by atoms with Crippen molar-refractivity contribution in [3.8, 4) is 0 Å². The lowest BCUT2D eigenvalue weighted by Gasteiger charge is -2.16. The Morgan fingerprint density at radius 1 is 1.00 bits per heavy atom. The summed E-state index contributed by atoms with van der Waals surface area (Å²) in [6.45, 7) is 4.55. The lowest BCUT2D eigenvalue weighted by Crippen LogP contribution is -2.05. The van der Waals surface area contributed by atoms with Crippen molar-refractivity contribution in [1.29, 1.82) is 0 Å². The molecule has 0 aliphatic carbocycles. The van der Waals surface area contributed by atoms with Crippen molar-refractivity contribution in [2.24, 2.45) is 5.92 Å². The molecule has 0 bridgehead atoms. The summed E-state index contributed by atoms with van der Waals surface area (Å²) in [5.74, 6) is 0.781. The summed E-state index contributed by atoms with van der Waals surface area (Å²) in [7, 11) is 0. The first-order valence-electron chi connectivity index (χ1n) is 7.24. The van der Waals surface area contributed by atoms with E-state index in [1.54, 1.807) is 0 Å². The van der Waals surface area contributed by atoms with Crippen LogP contribution in [0.4, 0.5) is 0 Å². The zero-order chi connectivity index (χ0) is 12.3. The predicted molar refractivity (Wildman–Crippen MR) is 77.0 cm³/mol. The van der Waals surface area contributed by atoms with E-state index >= 15 is 0 Å². The van der Waals surface area contributed by atoms with Crippen LogP contribution in [0.3, 0.4) is 0 Å². The van der Waals surface area contributed by atoms with E-state index in [2.05, 4.69) is 50.6 Å². The molecule has 1 aromatic carbocycles. The molecule has 17 heavy (non-hydrogen) atoms. The molecule has 0 aliphatic heterocycles. The largest absolute Gasteiger partial charge is 0.0654 e. The lowest BCUT2D eigenvalue weighted by molar-refractivity contribution is 0.499. The maximum atomic E-state index is 2.56. The van der Waals surface area contributed by atoms with Crippen LogP contribution in [0.2, 0.25) is 0 Å². The average molecular weight is 231 g/mol. The molecule has 1 radical (unpaired) electrons. The van der Waals surface area contributed by atoms with Crippen LogP contribution in [0.5, 0.6) is 0 Å². The smallest absolute Gasteiger partial charge is 0.0248 e. The minimum Gasteiger partial charge on any atom is -0.0654 e. The molecule has 0 aliphatic rings. The third-order valence-electron chi connectivity index (χ3n) is 3.33. The van der Waals surface area contributed by atoms with Crippen molar-refractivity contribution in [2.75, 3.05) is 0 Å². The Kier molecular flexibility index (Phi) is 7.79. The molecule has 0 heteroatoms. The Hall–Kier alpha value is -0.780. The zero-order valence-electron chi connectivity index (χ0n) is 11.5. The van der Waals surface area contributed by atoms with Crippen LogP contribution < -0.4 is 0 Å². The van der Waals surface area contributed by atoms with Gasteiger partial charge >= 0.3 is 0 Å². The number of hydrogen-bond donors (Lipinski definition) is 0. The van der Waals surface area contributed by atoms with E-state index in [1.807, 2.05) is 0 Å². The molecule has 0 amide bonds. The van der Waals surface area contributed by atoms with Crippen molar-refractivity contribution in [1.82, 2.24) is 0 Å². The highest BCUT2D eigenvalue weighted by molar-refractivity contribution is 5.15. The van der Waals surface area contributed by atoms with Gasteiger partial charge in [-0.2, -0.15) is 0 Å². The van der Waals surface area contributed by atoms with Gasteiger partial charge in [-0.3, -0.25) is 0 Å². The van der Waals surface area contributed by atoms with Gasteiger partial charge in [0.25, 0.3) is 0 Å². The molecular weight excluding hydrogens is 204 g/mol. The van der Waals surface area contributed by atoms with Crippen LogP contribution >= 0.6 is 0 Å². The van der Waals surface area contributed by atoms with Gasteiger partial charge in [0.2, 0.25) is 0 Å². The van der Waals surface area contributed by atoms with Crippen LogP contribution in [0.15, 0.2) is 30.3 Å². The van der Waals surface area contributed by atoms with Gasteiger partial charge in [0, 0.05) is 0 Å². The van der Waals surface area contributed by atoms with E-state index in [1.165, 1.54) is 50.5 Å². The van der Waals surface area contributed by atoms with Crippen molar-refractivity contribution in [2.45, 2.75) is 58.8 Å². The van der Waals surface area contributed by atoms with E-state index in [-0.39, 0.29) is 0 Å². The Bertz CT molecular complexity index is 263. The van der Waals surface area contributed by atoms with E-state index in [0.29, 0.717) is 0 Å². The summed E-state index contributed by atoms with van der Waals surface area (Å²) in [5, 5.41) is 0. The van der Waals surface area contributed by atoms with Crippen molar-refractivity contribution in [3.05, 3.63) is 42.3 Å². The van der Waals surface area contributed by atoms with Crippen LogP contribution in [0, 0.1) is 12.3 Å². The van der Waals surface area contributed by atoms with Crippen LogP contribution in [-0.2, 0) is 6.42 Å². The lowest BCUT2D eigenvalue weighted by atomic mass is 9.89. The first-order valence-corrected chi connectivity index (χ1v) is 7.24. The maximum absolute atomic E-state index is 2.56. The monoisotopic (exact) mass is 231 g/mol. The highest BCUT2D eigenvalue weighted by atomic mass is 14.1. The Morgan fingerprint density at radius 3 is 2.35 bits per heavy atom. The molecule has 0 heterocycles. The van der Waals surface area contributed by atoms with E-state index in [9.17, 15) is 0 Å². The number of benzene rings is 1. The predicted octanol–water partition coefficient (Wildman–Crippen LogP) is 5.43. The highest BCUT2D eigenvalue weighted by Crippen LogP contribution is 2.20. The quantitative estimate of drug-likeness (QED) is 0.497. The molecule has 0 fully saturated rings. The molecule has 0 N–H and O–H groups in total. The topological polar surface area (TPSA) is 0 Å². The van der Waals surface area contributed by atoms with E-state index in [4.69, 9.17) is 0 Å². The molecule has 0 nitrogen and oxygen atoms in total. The molecule has 0 spiro atoms. The molecular formula is C17H27. The van der Waals surface area contributed by atoms with Crippen molar-refractivity contribution in [3.63, 3.8) is 0 Å². The molecule has 1 atom stereocenters. The Labute approximate surface area is 107 Å². The first kappa shape index (κ1) is 14.3. The third-order valence-corrected chi connectivity index (χ3v) is 3.33. The number of hydrogen-bond acceptors (Lipinski definition) is 0. The van der Waals surface area contributed by atoms with Crippen LogP contribution in [0.1, 0.15) is 57.9 Å². The summed E-state index contributed by atoms with van der Waals surface area (Å²) in [6.07, 6.45) is 11.8. The second kappa shape index (κ2) is 9.27. The number of rotatable bonds is 9. The van der Waals surface area contributed by atoms with Gasteiger partial charge in [-0.1, -0.05) is 69.9 Å². The molecule has 1 aromatic rings. The summed E-state index contributed by atoms with van der Waals surface area (Å²) < 4.78 is 0. The normalized spacial score (nSPS) is 12.6.